The van der Waals surface area contributed by atoms with Gasteiger partial charge in [0.15, 0.2) is 27.9 Å². The van der Waals surface area contributed by atoms with Crippen molar-refractivity contribution in [1.29, 1.82) is 5.26 Å². The lowest BCUT2D eigenvalue weighted by atomic mass is 9.79. The number of nitrogens with zero attached hydrogens (tertiary/aromatic N) is 3. The molecule has 0 bridgehead atoms. The Morgan fingerprint density at radius 2 is 2.10 bits per heavy atom. The van der Waals surface area contributed by atoms with Crippen LogP contribution in [0.2, 0.25) is 0 Å². The van der Waals surface area contributed by atoms with Crippen LogP contribution in [0.15, 0.2) is 35.5 Å². The molecule has 0 saturated carbocycles. The van der Waals surface area contributed by atoms with Crippen LogP contribution in [-0.4, -0.2) is 40.7 Å². The molecule has 3 heterocycles. The van der Waals surface area contributed by atoms with Gasteiger partial charge in [0.05, 0.1) is 18.8 Å². The number of alkyl halides is 1. The minimum absolute atomic E-state index is 0.0432. The summed E-state index contributed by atoms with van der Waals surface area (Å²) in [6, 6.07) is 6.11. The minimum Gasteiger partial charge on any atom is -0.379 e. The molecule has 0 unspecified atom stereocenters. The summed E-state index contributed by atoms with van der Waals surface area (Å²) in [5.41, 5.74) is 1.48. The van der Waals surface area contributed by atoms with Gasteiger partial charge < -0.3 is 15.8 Å². The first-order valence-electron chi connectivity index (χ1n) is 8.70. The molecule has 1 saturated heterocycles. The Labute approximate surface area is 173 Å². The van der Waals surface area contributed by atoms with Gasteiger partial charge in [-0.1, -0.05) is 11.8 Å². The number of halogens is 3. The number of aromatic nitrogens is 1. The number of rotatable bonds is 3. The summed E-state index contributed by atoms with van der Waals surface area (Å²) in [6.45, 7) is -0.488. The second-order valence-electron chi connectivity index (χ2n) is 6.87. The van der Waals surface area contributed by atoms with Crippen LogP contribution >= 0.6 is 11.8 Å². The Balaban J connectivity index is 1.70. The monoisotopic (exact) mass is 433 g/mol. The van der Waals surface area contributed by atoms with Gasteiger partial charge in [0.2, 0.25) is 0 Å². The van der Waals surface area contributed by atoms with Gasteiger partial charge >= 0.3 is 0 Å². The number of fused-ring (bicyclic) bond motifs is 1. The molecule has 1 amide bonds. The Kier molecular flexibility index (Phi) is 4.91. The van der Waals surface area contributed by atoms with Crippen LogP contribution in [0.4, 0.5) is 18.9 Å². The molecule has 1 fully saturated rings. The fraction of sp³-hybridized carbons (Fsp3) is 0.263. The molecule has 11 heteroatoms. The van der Waals surface area contributed by atoms with Crippen molar-refractivity contribution in [2.45, 2.75) is 11.2 Å². The lowest BCUT2D eigenvalue weighted by Gasteiger charge is -2.38. The number of amides is 1. The summed E-state index contributed by atoms with van der Waals surface area (Å²) >= 11 is 1.02. The van der Waals surface area contributed by atoms with Crippen LogP contribution in [0.25, 0.3) is 0 Å². The van der Waals surface area contributed by atoms with Crippen LogP contribution in [0.5, 0.6) is 0 Å². The Morgan fingerprint density at radius 3 is 2.83 bits per heavy atom. The van der Waals surface area contributed by atoms with Crippen molar-refractivity contribution in [2.24, 2.45) is 10.7 Å². The lowest BCUT2D eigenvalue weighted by molar-refractivity contribution is 0.101. The van der Waals surface area contributed by atoms with E-state index in [9.17, 15) is 13.6 Å². The Bertz CT molecular complexity index is 1120. The van der Waals surface area contributed by atoms with Crippen LogP contribution in [0, 0.1) is 23.0 Å². The van der Waals surface area contributed by atoms with Crippen LogP contribution < -0.4 is 11.1 Å². The quantitative estimate of drug-likeness (QED) is 0.769. The molecule has 3 N–H and O–H groups in total. The van der Waals surface area contributed by atoms with E-state index in [-0.39, 0.29) is 40.9 Å². The largest absolute Gasteiger partial charge is 0.379 e. The Hall–Kier alpha value is -3.10. The number of nitriles is 1. The topological polar surface area (TPSA) is 113 Å². The number of nitrogens with two attached hydrogens (primary N) is 1. The smallest absolute Gasteiger partial charge is 0.277 e. The van der Waals surface area contributed by atoms with Crippen molar-refractivity contribution < 1.29 is 22.7 Å². The maximum Gasteiger partial charge on any atom is 0.277 e. The number of ether oxygens (including phenoxy) is 1. The predicted octanol–water partition coefficient (Wildman–Crippen LogP) is 2.48. The molecule has 0 spiro atoms. The molecule has 2 aliphatic rings. The molecule has 4 rings (SSSR count). The van der Waals surface area contributed by atoms with E-state index < -0.39 is 34.4 Å². The van der Waals surface area contributed by atoms with E-state index in [0.717, 1.165) is 30.1 Å². The standard InChI is InChI=1S/C19H14F3N5O2S/c20-13-2-1-11(26-16(28)15-14(21)3-10(5-23)6-25-15)4-12(13)19-8-29-7-18(19,22)9-30-17(24)27-19/h1-4,6H,7-9H2,(H2,24,27)(H,26,28)/t18-,19-/m1/s1. The van der Waals surface area contributed by atoms with Gasteiger partial charge in [-0.05, 0) is 24.3 Å². The molecule has 2 aliphatic heterocycles. The fourth-order valence-corrected chi connectivity index (χ4v) is 4.39. The van der Waals surface area contributed by atoms with Crippen molar-refractivity contribution in [1.82, 2.24) is 4.98 Å². The number of thioether (sulfide) groups is 1. The van der Waals surface area contributed by atoms with Crippen molar-refractivity contribution in [3.63, 3.8) is 0 Å². The maximum atomic E-state index is 15.6. The highest BCUT2D eigenvalue weighted by atomic mass is 32.2. The van der Waals surface area contributed by atoms with Gasteiger partial charge in [-0.15, -0.1) is 0 Å². The van der Waals surface area contributed by atoms with Crippen molar-refractivity contribution >= 4 is 28.5 Å². The summed E-state index contributed by atoms with van der Waals surface area (Å²) in [7, 11) is 0. The van der Waals surface area contributed by atoms with Crippen molar-refractivity contribution in [3.8, 4) is 6.07 Å². The highest BCUT2D eigenvalue weighted by Crippen LogP contribution is 2.50. The molecule has 0 radical (unpaired) electrons. The average Bonchev–Trinajstić information content (AvgIpc) is 3.06. The van der Waals surface area contributed by atoms with Crippen LogP contribution in [0.1, 0.15) is 21.6 Å². The minimum atomic E-state index is -1.98. The SMILES string of the molecule is N#Cc1cnc(C(=O)Nc2ccc(F)c([C@]34COC[C@@]3(F)CSC(N)=N4)c2)c(F)c1. The average molecular weight is 433 g/mol. The van der Waals surface area contributed by atoms with E-state index in [0.29, 0.717) is 0 Å². The van der Waals surface area contributed by atoms with Gasteiger partial charge in [-0.25, -0.2) is 23.1 Å². The molecule has 30 heavy (non-hydrogen) atoms. The molecular formula is C19H14F3N5O2S. The number of pyridine rings is 1. The number of nitrogens with one attached hydrogen (secondary N) is 1. The number of hydrogen-bond donors (Lipinski definition) is 2. The molecule has 1 aromatic carbocycles. The van der Waals surface area contributed by atoms with Crippen molar-refractivity contribution in [3.05, 3.63) is 58.9 Å². The van der Waals surface area contributed by atoms with Gasteiger partial charge in [0.25, 0.3) is 5.91 Å². The van der Waals surface area contributed by atoms with Crippen LogP contribution in [-0.2, 0) is 10.3 Å². The zero-order valence-electron chi connectivity index (χ0n) is 15.3. The Morgan fingerprint density at radius 1 is 1.30 bits per heavy atom. The van der Waals surface area contributed by atoms with E-state index in [4.69, 9.17) is 15.7 Å². The summed E-state index contributed by atoms with van der Waals surface area (Å²) in [4.78, 5) is 20.2. The molecule has 2 atom stereocenters. The number of benzene rings is 1. The van der Waals surface area contributed by atoms with Gasteiger partial charge in [-0.3, -0.25) is 4.79 Å². The third kappa shape index (κ3) is 3.18. The first-order chi connectivity index (χ1) is 14.3. The van der Waals surface area contributed by atoms with E-state index in [1.165, 1.54) is 12.1 Å². The molecule has 154 valence electrons. The summed E-state index contributed by atoms with van der Waals surface area (Å²) in [6.07, 6.45) is 1.05. The van der Waals surface area contributed by atoms with E-state index in [2.05, 4.69) is 15.3 Å². The molecular weight excluding hydrogens is 419 g/mol. The summed E-state index contributed by atoms with van der Waals surface area (Å²) < 4.78 is 49.7. The number of anilines is 1. The van der Waals surface area contributed by atoms with Gasteiger partial charge in [-0.2, -0.15) is 5.26 Å². The highest BCUT2D eigenvalue weighted by Gasteiger charge is 2.61. The molecule has 2 aromatic rings. The molecule has 7 nitrogen and oxygen atoms in total. The van der Waals surface area contributed by atoms with E-state index in [1.807, 2.05) is 0 Å². The van der Waals surface area contributed by atoms with Crippen molar-refractivity contribution in [2.75, 3.05) is 24.3 Å². The molecule has 0 aliphatic carbocycles. The highest BCUT2D eigenvalue weighted by molar-refractivity contribution is 8.13. The summed E-state index contributed by atoms with van der Waals surface area (Å²) in [5, 5.41) is 11.3. The maximum absolute atomic E-state index is 15.6. The van der Waals surface area contributed by atoms with Gasteiger partial charge in [0.1, 0.15) is 11.9 Å². The first-order valence-corrected chi connectivity index (χ1v) is 9.68. The predicted molar refractivity (Wildman–Crippen MR) is 104 cm³/mol. The normalized spacial score (nSPS) is 25.2. The third-order valence-electron chi connectivity index (χ3n) is 4.99. The number of amidine groups is 1. The number of aliphatic imine (C=N–C) groups is 1. The van der Waals surface area contributed by atoms with Gasteiger partial charge in [0, 0.05) is 23.2 Å². The van der Waals surface area contributed by atoms with E-state index >= 15 is 4.39 Å². The lowest BCUT2D eigenvalue weighted by Crippen LogP contribution is -2.52. The zero-order valence-corrected chi connectivity index (χ0v) is 16.1. The third-order valence-corrected chi connectivity index (χ3v) is 5.98. The number of carbonyl (C=O) groups excluding carboxylic acids is 1. The fourth-order valence-electron chi connectivity index (χ4n) is 3.47. The van der Waals surface area contributed by atoms with E-state index in [1.54, 1.807) is 6.07 Å². The first kappa shape index (κ1) is 20.2. The second-order valence-corrected chi connectivity index (χ2v) is 7.87. The summed E-state index contributed by atoms with van der Waals surface area (Å²) in [5.74, 6) is -2.70. The second kappa shape index (κ2) is 7.30. The molecule has 1 aromatic heterocycles. The number of carbonyl (C=O) groups is 1. The number of hydrogen-bond acceptors (Lipinski definition) is 7. The zero-order chi connectivity index (χ0) is 21.5. The van der Waals surface area contributed by atoms with Crippen LogP contribution in [0.3, 0.4) is 0 Å².